The van der Waals surface area contributed by atoms with Crippen molar-refractivity contribution in [1.82, 2.24) is 9.80 Å². The van der Waals surface area contributed by atoms with Gasteiger partial charge in [-0.25, -0.2) is 0 Å². The van der Waals surface area contributed by atoms with E-state index in [1.165, 1.54) is 6.42 Å². The molecule has 0 radical (unpaired) electrons. The second-order valence-corrected chi connectivity index (χ2v) is 5.16. The van der Waals surface area contributed by atoms with Gasteiger partial charge in [0.15, 0.2) is 0 Å². The number of likely N-dealkylation sites (N-methyl/N-ethyl adjacent to an activating group) is 2. The molecule has 0 spiro atoms. The lowest BCUT2D eigenvalue weighted by molar-refractivity contribution is -0.134. The number of rotatable bonds is 3. The van der Waals surface area contributed by atoms with Gasteiger partial charge in [-0.1, -0.05) is 0 Å². The minimum Gasteiger partial charge on any atom is -0.343 e. The summed E-state index contributed by atoms with van der Waals surface area (Å²) >= 11 is 0. The zero-order valence-corrected chi connectivity index (χ0v) is 10.1. The van der Waals surface area contributed by atoms with E-state index in [-0.39, 0.29) is 5.91 Å². The predicted molar refractivity (Wildman–Crippen MR) is 60.6 cm³/mol. The number of hydrogen-bond donors (Lipinski definition) is 0. The Bertz CT molecular complexity index is 330. The van der Waals surface area contributed by atoms with Crippen LogP contribution >= 0.6 is 0 Å². The monoisotopic (exact) mass is 221 g/mol. The van der Waals surface area contributed by atoms with Gasteiger partial charge >= 0.3 is 0 Å². The maximum absolute atomic E-state index is 12.0. The molecule has 0 aromatic heterocycles. The molecule has 2 rings (SSSR count). The highest BCUT2D eigenvalue weighted by Gasteiger charge is 2.52. The van der Waals surface area contributed by atoms with Crippen molar-refractivity contribution in [2.24, 2.45) is 5.41 Å². The number of amides is 1. The second kappa shape index (κ2) is 4.06. The lowest BCUT2D eigenvalue weighted by Gasteiger charge is -2.27. The van der Waals surface area contributed by atoms with E-state index >= 15 is 0 Å². The third-order valence-electron chi connectivity index (χ3n) is 3.88. The van der Waals surface area contributed by atoms with E-state index in [4.69, 9.17) is 5.26 Å². The summed E-state index contributed by atoms with van der Waals surface area (Å²) in [5, 5.41) is 8.98. The standard InChI is InChI=1S/C12H19N3O/c1-14-7-3-4-10(14)8-15(2)11(16)12(9-13)5-6-12/h10H,3-8H2,1-2H3. The highest BCUT2D eigenvalue weighted by molar-refractivity contribution is 5.88. The first-order valence-electron chi connectivity index (χ1n) is 5.96. The Morgan fingerprint density at radius 2 is 2.31 bits per heavy atom. The fourth-order valence-electron chi connectivity index (χ4n) is 2.47. The van der Waals surface area contributed by atoms with Gasteiger partial charge in [0.1, 0.15) is 5.41 Å². The molecular formula is C12H19N3O. The average Bonchev–Trinajstić information content (AvgIpc) is 2.99. The van der Waals surface area contributed by atoms with Crippen LogP contribution in [0.4, 0.5) is 0 Å². The Balaban J connectivity index is 1.91. The Morgan fingerprint density at radius 3 is 2.75 bits per heavy atom. The van der Waals surface area contributed by atoms with Crippen molar-refractivity contribution in [3.8, 4) is 6.07 Å². The van der Waals surface area contributed by atoms with E-state index < -0.39 is 5.41 Å². The van der Waals surface area contributed by atoms with Crippen LogP contribution in [0.1, 0.15) is 25.7 Å². The molecule has 16 heavy (non-hydrogen) atoms. The Morgan fingerprint density at radius 1 is 1.62 bits per heavy atom. The number of likely N-dealkylation sites (tertiary alicyclic amines) is 1. The second-order valence-electron chi connectivity index (χ2n) is 5.16. The molecule has 0 aromatic carbocycles. The molecule has 2 fully saturated rings. The molecule has 1 atom stereocenters. The highest BCUT2D eigenvalue weighted by atomic mass is 16.2. The van der Waals surface area contributed by atoms with Crippen LogP contribution in [-0.4, -0.2) is 48.9 Å². The van der Waals surface area contributed by atoms with Gasteiger partial charge in [0, 0.05) is 19.6 Å². The van der Waals surface area contributed by atoms with Crippen molar-refractivity contribution in [3.63, 3.8) is 0 Å². The van der Waals surface area contributed by atoms with E-state index in [1.54, 1.807) is 4.90 Å². The molecule has 1 aliphatic carbocycles. The number of nitriles is 1. The molecule has 0 N–H and O–H groups in total. The zero-order valence-electron chi connectivity index (χ0n) is 10.1. The molecule has 0 bridgehead atoms. The van der Waals surface area contributed by atoms with Crippen LogP contribution in [0.25, 0.3) is 0 Å². The molecule has 1 saturated carbocycles. The third-order valence-corrected chi connectivity index (χ3v) is 3.88. The van der Waals surface area contributed by atoms with Crippen molar-refractivity contribution < 1.29 is 4.79 Å². The summed E-state index contributed by atoms with van der Waals surface area (Å²) in [6, 6.07) is 2.64. The maximum atomic E-state index is 12.0. The van der Waals surface area contributed by atoms with Crippen LogP contribution in [0.15, 0.2) is 0 Å². The van der Waals surface area contributed by atoms with Gasteiger partial charge in [0.2, 0.25) is 5.91 Å². The van der Waals surface area contributed by atoms with Gasteiger partial charge in [0.05, 0.1) is 6.07 Å². The molecule has 1 aliphatic heterocycles. The lowest BCUT2D eigenvalue weighted by atomic mass is 10.1. The number of carbonyl (C=O) groups excluding carboxylic acids is 1. The van der Waals surface area contributed by atoms with E-state index in [0.717, 1.165) is 32.4 Å². The topological polar surface area (TPSA) is 47.3 Å². The van der Waals surface area contributed by atoms with Gasteiger partial charge in [-0.15, -0.1) is 0 Å². The van der Waals surface area contributed by atoms with Gasteiger partial charge in [0.25, 0.3) is 0 Å². The van der Waals surface area contributed by atoms with E-state index in [9.17, 15) is 4.79 Å². The first-order valence-corrected chi connectivity index (χ1v) is 5.96. The van der Waals surface area contributed by atoms with E-state index in [2.05, 4.69) is 18.0 Å². The van der Waals surface area contributed by atoms with Crippen LogP contribution in [-0.2, 0) is 4.79 Å². The van der Waals surface area contributed by atoms with Gasteiger partial charge in [-0.3, -0.25) is 4.79 Å². The minimum atomic E-state index is -0.661. The normalized spacial score (nSPS) is 27.4. The van der Waals surface area contributed by atoms with Crippen LogP contribution < -0.4 is 0 Å². The quantitative estimate of drug-likeness (QED) is 0.709. The van der Waals surface area contributed by atoms with Crippen molar-refractivity contribution in [2.45, 2.75) is 31.7 Å². The Kier molecular flexibility index (Phi) is 2.90. The molecular weight excluding hydrogens is 202 g/mol. The molecule has 88 valence electrons. The summed E-state index contributed by atoms with van der Waals surface area (Å²) in [5.41, 5.74) is -0.661. The van der Waals surface area contributed by atoms with Gasteiger partial charge < -0.3 is 9.80 Å². The first kappa shape index (κ1) is 11.4. The maximum Gasteiger partial charge on any atom is 0.242 e. The van der Waals surface area contributed by atoms with E-state index in [0.29, 0.717) is 6.04 Å². The predicted octanol–water partition coefficient (Wildman–Crippen LogP) is 0.843. The van der Waals surface area contributed by atoms with Crippen LogP contribution in [0.5, 0.6) is 0 Å². The molecule has 1 saturated heterocycles. The lowest BCUT2D eigenvalue weighted by Crippen LogP contribution is -2.42. The van der Waals surface area contributed by atoms with Crippen LogP contribution in [0.3, 0.4) is 0 Å². The first-order chi connectivity index (χ1) is 7.59. The van der Waals surface area contributed by atoms with Crippen molar-refractivity contribution in [3.05, 3.63) is 0 Å². The zero-order chi connectivity index (χ0) is 11.8. The third kappa shape index (κ3) is 1.92. The fraction of sp³-hybridized carbons (Fsp3) is 0.833. The summed E-state index contributed by atoms with van der Waals surface area (Å²) in [5.74, 6) is 0.0234. The SMILES string of the molecule is CN(CC1CCCN1C)C(=O)C1(C#N)CC1. The van der Waals surface area contributed by atoms with Crippen LogP contribution in [0, 0.1) is 16.7 Å². The number of hydrogen-bond acceptors (Lipinski definition) is 3. The molecule has 0 aromatic rings. The van der Waals surface area contributed by atoms with E-state index in [1.807, 2.05) is 7.05 Å². The summed E-state index contributed by atoms with van der Waals surface area (Å²) in [6.45, 7) is 1.88. The summed E-state index contributed by atoms with van der Waals surface area (Å²) in [6.07, 6.45) is 3.86. The molecule has 1 unspecified atom stereocenters. The van der Waals surface area contributed by atoms with Crippen molar-refractivity contribution in [2.75, 3.05) is 27.2 Å². The Hall–Kier alpha value is -1.08. The molecule has 1 amide bonds. The highest BCUT2D eigenvalue weighted by Crippen LogP contribution is 2.46. The smallest absolute Gasteiger partial charge is 0.242 e. The number of carbonyl (C=O) groups is 1. The van der Waals surface area contributed by atoms with Gasteiger partial charge in [-0.05, 0) is 39.3 Å². The molecule has 4 heteroatoms. The summed E-state index contributed by atoms with van der Waals surface area (Å²) in [7, 11) is 3.93. The molecule has 1 heterocycles. The van der Waals surface area contributed by atoms with Crippen molar-refractivity contribution in [1.29, 1.82) is 5.26 Å². The average molecular weight is 221 g/mol. The molecule has 4 nitrogen and oxygen atoms in total. The summed E-state index contributed by atoms with van der Waals surface area (Å²) in [4.78, 5) is 16.1. The van der Waals surface area contributed by atoms with Crippen LogP contribution in [0.2, 0.25) is 0 Å². The largest absolute Gasteiger partial charge is 0.343 e. The van der Waals surface area contributed by atoms with Crippen molar-refractivity contribution >= 4 is 5.91 Å². The molecule has 2 aliphatic rings. The summed E-state index contributed by atoms with van der Waals surface area (Å²) < 4.78 is 0. The number of nitrogens with zero attached hydrogens (tertiary/aromatic N) is 3. The minimum absolute atomic E-state index is 0.0234. The van der Waals surface area contributed by atoms with Gasteiger partial charge in [-0.2, -0.15) is 5.26 Å². The Labute approximate surface area is 96.8 Å². The fourth-order valence-corrected chi connectivity index (χ4v) is 2.47.